The number of hydrogen-bond donors (Lipinski definition) is 2. The maximum Gasteiger partial charge on any atom is 0.227 e. The van der Waals surface area contributed by atoms with Crippen LogP contribution in [0, 0.1) is 27.7 Å². The summed E-state index contributed by atoms with van der Waals surface area (Å²) < 4.78 is 24.7. The lowest BCUT2D eigenvalue weighted by molar-refractivity contribution is -0.118. The number of Topliss-reactive ketones (excluding diaryl/α,β-unsaturated/α-hetero) is 1. The lowest BCUT2D eigenvalue weighted by Crippen LogP contribution is -2.17. The fourth-order valence-corrected chi connectivity index (χ4v) is 9.17. The number of pyridine rings is 1. The number of ether oxygens (including phenoxy) is 4. The van der Waals surface area contributed by atoms with Crippen molar-refractivity contribution in [2.24, 2.45) is 4.99 Å². The zero-order valence-electron chi connectivity index (χ0n) is 36.7. The van der Waals surface area contributed by atoms with Crippen LogP contribution in [0.25, 0.3) is 16.1 Å². The van der Waals surface area contributed by atoms with Crippen LogP contribution in [-0.4, -0.2) is 89.3 Å². The molecule has 0 radical (unpaired) electrons. The van der Waals surface area contributed by atoms with Crippen LogP contribution in [0.3, 0.4) is 0 Å². The molecule has 16 heteroatoms. The molecule has 6 aromatic rings. The molecule has 4 heterocycles. The summed E-state index contributed by atoms with van der Waals surface area (Å²) >= 11 is 7.91. The van der Waals surface area contributed by atoms with Gasteiger partial charge in [0.1, 0.15) is 40.8 Å². The monoisotopic (exact) mass is 915 g/mol. The molecule has 8 rings (SSSR count). The van der Waals surface area contributed by atoms with Crippen LogP contribution in [0.15, 0.2) is 84.0 Å². The molecule has 1 atom stereocenters. The Hall–Kier alpha value is -6.10. The number of hydrogen-bond acceptors (Lipinski definition) is 12. The number of carbonyl (C=O) groups is 3. The predicted molar refractivity (Wildman–Crippen MR) is 251 cm³/mol. The van der Waals surface area contributed by atoms with Crippen molar-refractivity contribution >= 4 is 57.8 Å². The average molecular weight is 917 g/mol. The summed E-state index contributed by atoms with van der Waals surface area (Å²) in [4.78, 5) is 48.6. The summed E-state index contributed by atoms with van der Waals surface area (Å²) in [7, 11) is 0. The summed E-state index contributed by atoms with van der Waals surface area (Å²) in [5.41, 5.74) is 9.59. The van der Waals surface area contributed by atoms with E-state index in [1.54, 1.807) is 41.8 Å². The molecule has 0 bridgehead atoms. The van der Waals surface area contributed by atoms with Crippen molar-refractivity contribution in [1.82, 2.24) is 19.7 Å². The van der Waals surface area contributed by atoms with Gasteiger partial charge in [-0.05, 0) is 98.0 Å². The van der Waals surface area contributed by atoms with E-state index in [1.807, 2.05) is 60.9 Å². The minimum atomic E-state index is -0.579. The number of aliphatic imine (C=N–C) groups is 1. The van der Waals surface area contributed by atoms with Crippen molar-refractivity contribution in [2.75, 3.05) is 56.9 Å². The second-order valence-electron chi connectivity index (χ2n) is 15.9. The lowest BCUT2D eigenvalue weighted by Gasteiger charge is -2.13. The molecule has 14 nitrogen and oxygen atoms in total. The standard InChI is InChI=1S/C49H50ClN7O7S/c1-29-23-43(51-28-41(29)35-6-5-34-25-39(58)26-36(34)24-35)54-44(59)15-16-61-17-18-62-19-20-63-21-22-64-40-13-11-38(12-14-40)52-45(60)27-42-48-56-55-32(4)57(48)49-46(30(2)31(3)65-49)47(53-42)33-7-9-37(50)10-8-33/h5-14,23-24,28,42H,15-22,25-27H2,1-4H3,(H,52,60)(H,51,54,59)/t42-/m0/s1. The Bertz CT molecular complexity index is 2730. The molecular weight excluding hydrogens is 866 g/mol. The summed E-state index contributed by atoms with van der Waals surface area (Å²) in [5.74, 6) is 2.32. The number of fused-ring (bicyclic) bond motifs is 4. The number of rotatable bonds is 19. The fraction of sp³-hybridized carbons (Fsp3) is 0.327. The normalized spacial score (nSPS) is 14.0. The fourth-order valence-electron chi connectivity index (χ4n) is 7.83. The summed E-state index contributed by atoms with van der Waals surface area (Å²) in [6.45, 7) is 10.6. The Kier molecular flexibility index (Phi) is 14.6. The smallest absolute Gasteiger partial charge is 0.227 e. The number of nitrogens with zero attached hydrogens (tertiary/aromatic N) is 5. The number of thiophene rings is 1. The van der Waals surface area contributed by atoms with Gasteiger partial charge in [0.25, 0.3) is 0 Å². The number of amides is 2. The van der Waals surface area contributed by atoms with Crippen LogP contribution < -0.4 is 15.4 Å². The van der Waals surface area contributed by atoms with Crippen LogP contribution in [0.2, 0.25) is 5.02 Å². The number of carbonyl (C=O) groups excluding carboxylic acids is 3. The highest BCUT2D eigenvalue weighted by Gasteiger charge is 2.32. The highest BCUT2D eigenvalue weighted by Crippen LogP contribution is 2.40. The van der Waals surface area contributed by atoms with Crippen molar-refractivity contribution in [3.8, 4) is 21.9 Å². The van der Waals surface area contributed by atoms with Gasteiger partial charge in [0.15, 0.2) is 5.82 Å². The molecule has 0 saturated heterocycles. The summed E-state index contributed by atoms with van der Waals surface area (Å²) in [5, 5.41) is 16.3. The van der Waals surface area contributed by atoms with Gasteiger partial charge in [-0.1, -0.05) is 41.9 Å². The van der Waals surface area contributed by atoms with E-state index in [2.05, 4.69) is 45.7 Å². The highest BCUT2D eigenvalue weighted by molar-refractivity contribution is 7.15. The Balaban J connectivity index is 0.701. The first kappa shape index (κ1) is 45.5. The van der Waals surface area contributed by atoms with Crippen LogP contribution >= 0.6 is 22.9 Å². The number of anilines is 2. The van der Waals surface area contributed by atoms with Crippen LogP contribution in [0.4, 0.5) is 11.5 Å². The Morgan fingerprint density at radius 1 is 0.785 bits per heavy atom. The molecule has 2 N–H and O–H groups in total. The molecule has 0 saturated carbocycles. The molecule has 1 aliphatic carbocycles. The third kappa shape index (κ3) is 11.1. The number of nitrogens with one attached hydrogen (secondary N) is 2. The second-order valence-corrected chi connectivity index (χ2v) is 17.6. The van der Waals surface area contributed by atoms with E-state index in [0.29, 0.717) is 80.6 Å². The molecule has 0 fully saturated rings. The highest BCUT2D eigenvalue weighted by atomic mass is 35.5. The largest absolute Gasteiger partial charge is 0.491 e. The van der Waals surface area contributed by atoms with Crippen molar-refractivity contribution in [3.63, 3.8) is 0 Å². The number of aromatic nitrogens is 4. The van der Waals surface area contributed by atoms with Gasteiger partial charge in [-0.3, -0.25) is 23.9 Å². The molecule has 2 amide bonds. The van der Waals surface area contributed by atoms with Gasteiger partial charge in [0.2, 0.25) is 11.8 Å². The topological polar surface area (TPSA) is 168 Å². The molecule has 0 spiro atoms. The van der Waals surface area contributed by atoms with Crippen LogP contribution in [0.5, 0.6) is 5.75 Å². The van der Waals surface area contributed by atoms with E-state index in [-0.39, 0.29) is 37.0 Å². The molecule has 2 aliphatic rings. The van der Waals surface area contributed by atoms with Gasteiger partial charge < -0.3 is 29.6 Å². The third-order valence-corrected chi connectivity index (χ3v) is 12.7. The molecular formula is C49H50ClN7O7S. The predicted octanol–water partition coefficient (Wildman–Crippen LogP) is 8.32. The maximum atomic E-state index is 13.5. The van der Waals surface area contributed by atoms with Crippen LogP contribution in [-0.2, 0) is 41.4 Å². The van der Waals surface area contributed by atoms with E-state index < -0.39 is 6.04 Å². The van der Waals surface area contributed by atoms with Gasteiger partial charge in [0, 0.05) is 51.3 Å². The third-order valence-electron chi connectivity index (χ3n) is 11.3. The van der Waals surface area contributed by atoms with Crippen molar-refractivity contribution < 1.29 is 33.3 Å². The number of benzene rings is 3. The first-order valence-corrected chi connectivity index (χ1v) is 22.7. The van der Waals surface area contributed by atoms with E-state index in [1.165, 1.54) is 4.88 Å². The minimum absolute atomic E-state index is 0.0617. The molecule has 336 valence electrons. The molecule has 1 aliphatic heterocycles. The van der Waals surface area contributed by atoms with Gasteiger partial charge in [0.05, 0.1) is 58.2 Å². The first-order chi connectivity index (χ1) is 31.5. The SMILES string of the molecule is Cc1cc(NC(=O)CCOCCOCCOCCOc2ccc(NC(=O)C[C@@H]3N=C(c4ccc(Cl)cc4)c4c(sc(C)c4C)-n4c(C)nnc43)cc2)ncc1-c1ccc2c(c1)CC(=O)C2. The minimum Gasteiger partial charge on any atom is -0.491 e. The van der Waals surface area contributed by atoms with Gasteiger partial charge >= 0.3 is 0 Å². The summed E-state index contributed by atoms with van der Waals surface area (Å²) in [6.07, 6.45) is 2.99. The Labute approximate surface area is 386 Å². The van der Waals surface area contributed by atoms with Gasteiger partial charge in [-0.2, -0.15) is 0 Å². The first-order valence-electron chi connectivity index (χ1n) is 21.5. The zero-order chi connectivity index (χ0) is 45.5. The van der Waals surface area contributed by atoms with E-state index >= 15 is 0 Å². The number of ketones is 1. The van der Waals surface area contributed by atoms with Crippen molar-refractivity contribution in [3.05, 3.63) is 134 Å². The summed E-state index contributed by atoms with van der Waals surface area (Å²) in [6, 6.07) is 22.1. The lowest BCUT2D eigenvalue weighted by atomic mass is 9.99. The number of halogens is 1. The van der Waals surface area contributed by atoms with E-state index in [4.69, 9.17) is 35.5 Å². The van der Waals surface area contributed by atoms with Crippen molar-refractivity contribution in [2.45, 2.75) is 59.4 Å². The van der Waals surface area contributed by atoms with E-state index in [9.17, 15) is 14.4 Å². The Morgan fingerprint density at radius 2 is 1.48 bits per heavy atom. The van der Waals surface area contributed by atoms with Crippen molar-refractivity contribution in [1.29, 1.82) is 0 Å². The molecule has 0 unspecified atom stereocenters. The van der Waals surface area contributed by atoms with E-state index in [0.717, 1.165) is 61.0 Å². The average Bonchev–Trinajstić information content (AvgIpc) is 3.92. The molecule has 3 aromatic carbocycles. The van der Waals surface area contributed by atoms with Crippen LogP contribution in [0.1, 0.15) is 68.8 Å². The second kappa shape index (κ2) is 20.8. The molecule has 65 heavy (non-hydrogen) atoms. The maximum absolute atomic E-state index is 13.5. The van der Waals surface area contributed by atoms with Gasteiger partial charge in [-0.15, -0.1) is 21.5 Å². The molecule has 3 aromatic heterocycles. The quantitative estimate of drug-likeness (QED) is 0.0754. The zero-order valence-corrected chi connectivity index (χ0v) is 38.3. The van der Waals surface area contributed by atoms with Gasteiger partial charge in [-0.25, -0.2) is 4.98 Å². The number of aryl methyl sites for hydroxylation is 3. The Morgan fingerprint density at radius 3 is 2.22 bits per heavy atom.